The zero-order chi connectivity index (χ0) is 11.9. The van der Waals surface area contributed by atoms with Crippen molar-refractivity contribution in [3.05, 3.63) is 12.2 Å². The standard InChI is InChI=1S/C8H18O.C4H6O2/c1-3-5-7-9-8-6-4-2;1-2-3-4(5)6/h3-8H2,1-2H3;2-3H,1H3,(H,5,6). The Labute approximate surface area is 93.1 Å². The van der Waals surface area contributed by atoms with Crippen molar-refractivity contribution in [2.75, 3.05) is 13.2 Å². The third kappa shape index (κ3) is 24.6. The largest absolute Gasteiger partial charge is 0.478 e. The Kier molecular flexibility index (Phi) is 17.3. The SMILES string of the molecule is CC=CC(=O)O.CCCCOCCCC. The van der Waals surface area contributed by atoms with Crippen LogP contribution in [0.25, 0.3) is 0 Å². The molecule has 0 aliphatic rings. The Bertz CT molecular complexity index is 147. The average Bonchev–Trinajstić information content (AvgIpc) is 2.18. The maximum atomic E-state index is 9.51. The Balaban J connectivity index is 0. The van der Waals surface area contributed by atoms with Crippen LogP contribution in [-0.2, 0) is 9.53 Å². The Morgan fingerprint density at radius 1 is 1.20 bits per heavy atom. The molecule has 0 aliphatic carbocycles. The van der Waals surface area contributed by atoms with Crippen LogP contribution in [0, 0.1) is 0 Å². The van der Waals surface area contributed by atoms with Gasteiger partial charge in [-0.15, -0.1) is 0 Å². The number of carbonyl (C=O) groups is 1. The highest BCUT2D eigenvalue weighted by molar-refractivity contribution is 5.79. The minimum absolute atomic E-state index is 0.891. The van der Waals surface area contributed by atoms with E-state index in [1.165, 1.54) is 31.8 Å². The average molecular weight is 216 g/mol. The molecule has 0 rings (SSSR count). The molecule has 0 amide bonds. The van der Waals surface area contributed by atoms with Crippen LogP contribution in [-0.4, -0.2) is 24.3 Å². The van der Waals surface area contributed by atoms with Gasteiger partial charge >= 0.3 is 5.97 Å². The van der Waals surface area contributed by atoms with Crippen molar-refractivity contribution >= 4 is 5.97 Å². The van der Waals surface area contributed by atoms with Crippen molar-refractivity contribution < 1.29 is 14.6 Å². The van der Waals surface area contributed by atoms with E-state index in [-0.39, 0.29) is 0 Å². The van der Waals surface area contributed by atoms with Gasteiger partial charge in [0.25, 0.3) is 0 Å². The number of hydrogen-bond donors (Lipinski definition) is 1. The van der Waals surface area contributed by atoms with Crippen LogP contribution < -0.4 is 0 Å². The first kappa shape index (κ1) is 16.6. The van der Waals surface area contributed by atoms with Crippen LogP contribution in [0.4, 0.5) is 0 Å². The Morgan fingerprint density at radius 3 is 1.87 bits per heavy atom. The molecule has 0 spiro atoms. The van der Waals surface area contributed by atoms with Gasteiger partial charge in [0.05, 0.1) is 0 Å². The summed E-state index contributed by atoms with van der Waals surface area (Å²) in [4.78, 5) is 9.51. The third-order valence-electron chi connectivity index (χ3n) is 1.59. The van der Waals surface area contributed by atoms with Crippen LogP contribution in [0.1, 0.15) is 46.5 Å². The molecule has 0 bridgehead atoms. The summed E-state index contributed by atoms with van der Waals surface area (Å²) in [7, 11) is 0. The molecule has 0 aromatic rings. The van der Waals surface area contributed by atoms with Crippen molar-refractivity contribution in [3.8, 4) is 0 Å². The first-order valence-electron chi connectivity index (χ1n) is 5.62. The first-order valence-corrected chi connectivity index (χ1v) is 5.62. The molecule has 0 atom stereocenters. The van der Waals surface area contributed by atoms with E-state index in [2.05, 4.69) is 13.8 Å². The number of carboxylic acid groups (broad SMARTS) is 1. The molecule has 0 fully saturated rings. The van der Waals surface area contributed by atoms with E-state index in [0.717, 1.165) is 19.3 Å². The fraction of sp³-hybridized carbons (Fsp3) is 0.750. The van der Waals surface area contributed by atoms with Gasteiger partial charge in [-0.3, -0.25) is 0 Å². The molecule has 3 heteroatoms. The molecule has 1 N–H and O–H groups in total. The molecule has 0 unspecified atom stereocenters. The molecule has 0 radical (unpaired) electrons. The zero-order valence-corrected chi connectivity index (χ0v) is 10.2. The van der Waals surface area contributed by atoms with E-state index in [0.29, 0.717) is 0 Å². The molecule has 15 heavy (non-hydrogen) atoms. The van der Waals surface area contributed by atoms with E-state index in [4.69, 9.17) is 9.84 Å². The summed E-state index contributed by atoms with van der Waals surface area (Å²) in [5.41, 5.74) is 0. The minimum atomic E-state index is -0.891. The topological polar surface area (TPSA) is 46.5 Å². The zero-order valence-electron chi connectivity index (χ0n) is 10.2. The van der Waals surface area contributed by atoms with E-state index in [1.807, 2.05) is 0 Å². The summed E-state index contributed by atoms with van der Waals surface area (Å²) in [5, 5.41) is 7.83. The van der Waals surface area contributed by atoms with E-state index < -0.39 is 5.97 Å². The van der Waals surface area contributed by atoms with E-state index in [1.54, 1.807) is 6.92 Å². The van der Waals surface area contributed by atoms with Crippen molar-refractivity contribution in [2.45, 2.75) is 46.5 Å². The second-order valence-corrected chi connectivity index (χ2v) is 3.16. The lowest BCUT2D eigenvalue weighted by atomic mass is 10.3. The smallest absolute Gasteiger partial charge is 0.327 e. The number of hydrogen-bond acceptors (Lipinski definition) is 2. The minimum Gasteiger partial charge on any atom is -0.478 e. The van der Waals surface area contributed by atoms with Gasteiger partial charge in [0.2, 0.25) is 0 Å². The van der Waals surface area contributed by atoms with Gasteiger partial charge < -0.3 is 9.84 Å². The summed E-state index contributed by atoms with van der Waals surface area (Å²) < 4.78 is 5.31. The summed E-state index contributed by atoms with van der Waals surface area (Å²) in [6.07, 6.45) is 7.47. The summed E-state index contributed by atoms with van der Waals surface area (Å²) >= 11 is 0. The molecule has 3 nitrogen and oxygen atoms in total. The summed E-state index contributed by atoms with van der Waals surface area (Å²) in [6.45, 7) is 7.94. The fourth-order valence-electron chi connectivity index (χ4n) is 0.737. The van der Waals surface area contributed by atoms with Gasteiger partial charge in [-0.1, -0.05) is 32.8 Å². The number of unbranched alkanes of at least 4 members (excludes halogenated alkanes) is 2. The lowest BCUT2D eigenvalue weighted by molar-refractivity contribution is -0.131. The number of carboxylic acids is 1. The summed E-state index contributed by atoms with van der Waals surface area (Å²) in [6, 6.07) is 0. The van der Waals surface area contributed by atoms with Gasteiger partial charge in [-0.2, -0.15) is 0 Å². The second-order valence-electron chi connectivity index (χ2n) is 3.16. The van der Waals surface area contributed by atoms with Crippen LogP contribution in [0.15, 0.2) is 12.2 Å². The Hall–Kier alpha value is -0.830. The molecular weight excluding hydrogens is 192 g/mol. The second kappa shape index (κ2) is 15.6. The quantitative estimate of drug-likeness (QED) is 0.525. The fourth-order valence-corrected chi connectivity index (χ4v) is 0.737. The van der Waals surface area contributed by atoms with Gasteiger partial charge in [0.15, 0.2) is 0 Å². The Morgan fingerprint density at radius 2 is 1.67 bits per heavy atom. The van der Waals surface area contributed by atoms with Crippen LogP contribution in [0.3, 0.4) is 0 Å². The van der Waals surface area contributed by atoms with Gasteiger partial charge in [-0.05, 0) is 19.8 Å². The molecule has 0 aromatic carbocycles. The van der Waals surface area contributed by atoms with Crippen molar-refractivity contribution in [1.82, 2.24) is 0 Å². The lowest BCUT2D eigenvalue weighted by Gasteiger charge is -1.99. The van der Waals surface area contributed by atoms with E-state index >= 15 is 0 Å². The molecule has 0 saturated heterocycles. The van der Waals surface area contributed by atoms with Gasteiger partial charge in [0, 0.05) is 19.3 Å². The van der Waals surface area contributed by atoms with Gasteiger partial charge in [0.1, 0.15) is 0 Å². The molecule has 0 heterocycles. The van der Waals surface area contributed by atoms with Crippen molar-refractivity contribution in [1.29, 1.82) is 0 Å². The van der Waals surface area contributed by atoms with Gasteiger partial charge in [-0.25, -0.2) is 4.79 Å². The van der Waals surface area contributed by atoms with Crippen LogP contribution >= 0.6 is 0 Å². The molecule has 0 saturated carbocycles. The highest BCUT2D eigenvalue weighted by Gasteiger charge is 1.84. The van der Waals surface area contributed by atoms with Crippen molar-refractivity contribution in [2.24, 2.45) is 0 Å². The highest BCUT2D eigenvalue weighted by atomic mass is 16.5. The van der Waals surface area contributed by atoms with E-state index in [9.17, 15) is 4.79 Å². The number of rotatable bonds is 7. The maximum absolute atomic E-state index is 9.51. The monoisotopic (exact) mass is 216 g/mol. The van der Waals surface area contributed by atoms with Crippen LogP contribution in [0.5, 0.6) is 0 Å². The maximum Gasteiger partial charge on any atom is 0.327 e. The number of ether oxygens (including phenoxy) is 1. The number of allylic oxidation sites excluding steroid dienone is 1. The predicted molar refractivity (Wildman–Crippen MR) is 63.1 cm³/mol. The lowest BCUT2D eigenvalue weighted by Crippen LogP contribution is -1.95. The molecule has 0 aromatic heterocycles. The predicted octanol–water partition coefficient (Wildman–Crippen LogP) is 3.25. The number of aliphatic carboxylic acids is 1. The van der Waals surface area contributed by atoms with Crippen LogP contribution in [0.2, 0.25) is 0 Å². The molecule has 0 aliphatic heterocycles. The van der Waals surface area contributed by atoms with Crippen molar-refractivity contribution in [3.63, 3.8) is 0 Å². The molecule has 90 valence electrons. The first-order chi connectivity index (χ1) is 7.18. The normalized spacial score (nSPS) is 9.80. The highest BCUT2D eigenvalue weighted by Crippen LogP contribution is 1.91. The molecular formula is C12H24O3. The third-order valence-corrected chi connectivity index (χ3v) is 1.59. The summed E-state index contributed by atoms with van der Waals surface area (Å²) in [5.74, 6) is -0.891.